The third-order valence-electron chi connectivity index (χ3n) is 9.05. The quantitative estimate of drug-likeness (QED) is 0.274. The van der Waals surface area contributed by atoms with Gasteiger partial charge in [-0.05, 0) is 55.7 Å². The van der Waals surface area contributed by atoms with Crippen molar-refractivity contribution in [3.05, 3.63) is 83.4 Å². The van der Waals surface area contributed by atoms with Crippen LogP contribution in [-0.2, 0) is 25.6 Å². The number of nitrogens with zero attached hydrogens (tertiary/aromatic N) is 2. The summed E-state index contributed by atoms with van der Waals surface area (Å²) in [4.78, 5) is 82.9. The summed E-state index contributed by atoms with van der Waals surface area (Å²) in [7, 11) is 2.83. The molecular weight excluding hydrogens is 696 g/mol. The Hall–Kier alpha value is -6.12. The lowest BCUT2D eigenvalue weighted by atomic mass is 10.0. The van der Waals surface area contributed by atoms with Gasteiger partial charge in [-0.1, -0.05) is 36.4 Å². The van der Waals surface area contributed by atoms with Crippen molar-refractivity contribution in [2.24, 2.45) is 0 Å². The highest BCUT2D eigenvalue weighted by Gasteiger charge is 2.28. The molecule has 3 heterocycles. The minimum atomic E-state index is -1.05. The van der Waals surface area contributed by atoms with Gasteiger partial charge in [0.05, 0.1) is 27.4 Å². The molecule has 2 atom stereocenters. The van der Waals surface area contributed by atoms with Crippen molar-refractivity contribution in [1.29, 1.82) is 0 Å². The normalized spacial score (nSPS) is 19.4. The second kappa shape index (κ2) is 18.6. The maximum absolute atomic E-state index is 13.9. The molecular formula is C39H46N6O9. The molecule has 0 radical (unpaired) electrons. The molecule has 6 rings (SSSR count). The average Bonchev–Trinajstić information content (AvgIpc) is 3.62. The van der Waals surface area contributed by atoms with E-state index in [1.807, 2.05) is 30.3 Å². The Morgan fingerprint density at radius 2 is 1.57 bits per heavy atom. The van der Waals surface area contributed by atoms with Gasteiger partial charge in [0.25, 0.3) is 11.8 Å². The third kappa shape index (κ3) is 10.1. The van der Waals surface area contributed by atoms with E-state index in [1.165, 1.54) is 38.2 Å². The molecule has 3 aromatic carbocycles. The van der Waals surface area contributed by atoms with Gasteiger partial charge < -0.3 is 45.3 Å². The molecule has 2 bridgehead atoms. The molecule has 0 aromatic heterocycles. The SMILES string of the molecule is COc1cc2cc(OC)c1OCCCNC(=O)CN(C(=O)c1cccc(N3CCCC3=O)c1)CCNC(=O)[C@@H](Cc1ccccc1)NC(=O)[C@H](C)NC2=O. The fourth-order valence-electron chi connectivity index (χ4n) is 6.16. The molecule has 6 amide bonds. The van der Waals surface area contributed by atoms with Crippen LogP contribution in [0.3, 0.4) is 0 Å². The van der Waals surface area contributed by atoms with Crippen molar-refractivity contribution < 1.29 is 43.0 Å². The number of carbonyl (C=O) groups is 6. The molecule has 1 fully saturated rings. The van der Waals surface area contributed by atoms with Crippen molar-refractivity contribution in [3.63, 3.8) is 0 Å². The summed E-state index contributed by atoms with van der Waals surface area (Å²) in [6.45, 7) is 2.02. The van der Waals surface area contributed by atoms with E-state index in [2.05, 4.69) is 21.3 Å². The predicted molar refractivity (Wildman–Crippen MR) is 199 cm³/mol. The molecule has 0 aliphatic carbocycles. The topological polar surface area (TPSA) is 185 Å². The zero-order chi connectivity index (χ0) is 38.6. The molecule has 4 N–H and O–H groups in total. The van der Waals surface area contributed by atoms with E-state index in [0.29, 0.717) is 25.1 Å². The molecule has 0 saturated carbocycles. The summed E-state index contributed by atoms with van der Waals surface area (Å²) in [5.41, 5.74) is 1.80. The van der Waals surface area contributed by atoms with Gasteiger partial charge >= 0.3 is 0 Å². The minimum Gasteiger partial charge on any atom is -0.493 e. The zero-order valence-corrected chi connectivity index (χ0v) is 30.6. The van der Waals surface area contributed by atoms with Crippen LogP contribution in [0, 0.1) is 0 Å². The first-order chi connectivity index (χ1) is 26.1. The van der Waals surface area contributed by atoms with Gasteiger partial charge in [0.2, 0.25) is 29.4 Å². The number of hydrogen-bond donors (Lipinski definition) is 4. The maximum Gasteiger partial charge on any atom is 0.254 e. The Labute approximate surface area is 313 Å². The Kier molecular flexibility index (Phi) is 13.5. The summed E-state index contributed by atoms with van der Waals surface area (Å²) >= 11 is 0. The van der Waals surface area contributed by atoms with Crippen molar-refractivity contribution in [2.75, 3.05) is 58.5 Å². The Bertz CT molecular complexity index is 1830. The fraction of sp³-hybridized carbons (Fsp3) is 0.385. The number of methoxy groups -OCH3 is 2. The Morgan fingerprint density at radius 3 is 2.26 bits per heavy atom. The maximum atomic E-state index is 13.9. The highest BCUT2D eigenvalue weighted by atomic mass is 16.5. The van der Waals surface area contributed by atoms with E-state index < -0.39 is 41.6 Å². The summed E-state index contributed by atoms with van der Waals surface area (Å²) in [6, 6.07) is 16.6. The summed E-state index contributed by atoms with van der Waals surface area (Å²) < 4.78 is 16.9. The van der Waals surface area contributed by atoms with Gasteiger partial charge in [0.15, 0.2) is 11.5 Å². The molecule has 0 spiro atoms. The lowest BCUT2D eigenvalue weighted by Gasteiger charge is -2.25. The molecule has 15 heteroatoms. The first-order valence-corrected chi connectivity index (χ1v) is 17.9. The van der Waals surface area contributed by atoms with Crippen molar-refractivity contribution >= 4 is 41.1 Å². The van der Waals surface area contributed by atoms with Crippen LogP contribution in [0.5, 0.6) is 17.2 Å². The predicted octanol–water partition coefficient (Wildman–Crippen LogP) is 1.83. The van der Waals surface area contributed by atoms with E-state index in [9.17, 15) is 28.8 Å². The number of rotatable bonds is 6. The smallest absolute Gasteiger partial charge is 0.254 e. The molecule has 3 aliphatic rings. The van der Waals surface area contributed by atoms with Crippen LogP contribution in [0.1, 0.15) is 52.5 Å². The summed E-state index contributed by atoms with van der Waals surface area (Å²) in [6.07, 6.45) is 1.68. The Balaban J connectivity index is 1.41. The van der Waals surface area contributed by atoms with E-state index >= 15 is 0 Å². The summed E-state index contributed by atoms with van der Waals surface area (Å²) in [5, 5.41) is 11.0. The number of amides is 6. The van der Waals surface area contributed by atoms with Gasteiger partial charge in [-0.3, -0.25) is 28.8 Å². The third-order valence-corrected chi connectivity index (χ3v) is 9.05. The Morgan fingerprint density at radius 1 is 0.833 bits per heavy atom. The van der Waals surface area contributed by atoms with Crippen LogP contribution in [0.2, 0.25) is 0 Å². The van der Waals surface area contributed by atoms with Crippen molar-refractivity contribution in [2.45, 2.75) is 44.7 Å². The van der Waals surface area contributed by atoms with E-state index in [1.54, 1.807) is 29.2 Å². The van der Waals surface area contributed by atoms with Gasteiger partial charge in [0, 0.05) is 55.8 Å². The largest absolute Gasteiger partial charge is 0.493 e. The monoisotopic (exact) mass is 742 g/mol. The van der Waals surface area contributed by atoms with E-state index in [4.69, 9.17) is 14.2 Å². The van der Waals surface area contributed by atoms with Gasteiger partial charge in [-0.25, -0.2) is 0 Å². The van der Waals surface area contributed by atoms with Crippen LogP contribution < -0.4 is 40.4 Å². The number of ether oxygens (including phenoxy) is 3. The fourth-order valence-corrected chi connectivity index (χ4v) is 6.16. The first kappa shape index (κ1) is 39.1. The highest BCUT2D eigenvalue weighted by molar-refractivity contribution is 6.01. The van der Waals surface area contributed by atoms with Crippen LogP contribution in [0.15, 0.2) is 66.7 Å². The molecule has 3 aromatic rings. The van der Waals surface area contributed by atoms with Crippen LogP contribution >= 0.6 is 0 Å². The lowest BCUT2D eigenvalue weighted by Crippen LogP contribution is -2.54. The van der Waals surface area contributed by atoms with Crippen molar-refractivity contribution in [1.82, 2.24) is 26.2 Å². The number of hydrogen-bond acceptors (Lipinski definition) is 9. The van der Waals surface area contributed by atoms with Crippen LogP contribution in [0.4, 0.5) is 5.69 Å². The molecule has 54 heavy (non-hydrogen) atoms. The molecule has 286 valence electrons. The van der Waals surface area contributed by atoms with Crippen molar-refractivity contribution in [3.8, 4) is 17.2 Å². The van der Waals surface area contributed by atoms with E-state index in [0.717, 1.165) is 12.0 Å². The number of nitrogens with one attached hydrogen (secondary N) is 4. The van der Waals surface area contributed by atoms with Gasteiger partial charge in [0.1, 0.15) is 12.1 Å². The number of benzene rings is 3. The molecule has 15 nitrogen and oxygen atoms in total. The molecule has 1 saturated heterocycles. The standard InChI is InChI=1S/C39H46N6O9/c1-25-36(48)43-30(20-26-10-5-4-6-11-26)38(50)41-16-18-44(39(51)27-12-7-13-29(21-27)45-17-8-14-34(45)47)24-33(46)40-15-9-19-54-35-31(52-2)22-28(37(49)42-25)23-32(35)53-3/h4-7,10-13,21-23,25,30H,8-9,14-20,24H2,1-3H3,(H,40,46)(H,41,50)(H,42,49)(H,43,48)/t25-,30+/m0/s1. The molecule has 3 aliphatic heterocycles. The second-order valence-corrected chi connectivity index (χ2v) is 12.9. The highest BCUT2D eigenvalue weighted by Crippen LogP contribution is 2.38. The zero-order valence-electron chi connectivity index (χ0n) is 30.6. The average molecular weight is 743 g/mol. The minimum absolute atomic E-state index is 0.0254. The molecule has 0 unspecified atom stereocenters. The van der Waals surface area contributed by atoms with E-state index in [-0.39, 0.29) is 73.5 Å². The second-order valence-electron chi connectivity index (χ2n) is 12.9. The number of carbonyl (C=O) groups excluding carboxylic acids is 6. The first-order valence-electron chi connectivity index (χ1n) is 17.9. The summed E-state index contributed by atoms with van der Waals surface area (Å²) in [5.74, 6) is -1.96. The van der Waals surface area contributed by atoms with Gasteiger partial charge in [-0.15, -0.1) is 0 Å². The number of anilines is 1. The van der Waals surface area contributed by atoms with Crippen LogP contribution in [-0.4, -0.2) is 106 Å². The van der Waals surface area contributed by atoms with Gasteiger partial charge in [-0.2, -0.15) is 0 Å². The van der Waals surface area contributed by atoms with Crippen LogP contribution in [0.25, 0.3) is 0 Å². The lowest BCUT2D eigenvalue weighted by molar-refractivity contribution is -0.129. The number of fused-ring (bicyclic) bond motifs is 19.